The molecular weight excluding hydrogens is 166 g/mol. The predicted molar refractivity (Wildman–Crippen MR) is 38.8 cm³/mol. The zero-order chi connectivity index (χ0) is 9.72. The first-order valence-corrected chi connectivity index (χ1v) is 3.24. The summed E-state index contributed by atoms with van der Waals surface area (Å²) in [4.78, 5) is 21.5. The molecule has 0 saturated carbocycles. The number of carboxylic acids is 2. The third-order valence-electron chi connectivity index (χ3n) is 1.37. The van der Waals surface area contributed by atoms with Gasteiger partial charge in [0.2, 0.25) is 0 Å². The topological polar surface area (TPSA) is 98.1 Å². The summed E-state index contributed by atoms with van der Waals surface area (Å²) < 4.78 is 0. The van der Waals surface area contributed by atoms with Crippen LogP contribution in [0.5, 0.6) is 0 Å². The molecule has 0 radical (unpaired) electrons. The fourth-order valence-electron chi connectivity index (χ4n) is 0.730. The van der Waals surface area contributed by atoms with Crippen LogP contribution >= 0.6 is 0 Å². The van der Waals surface area contributed by atoms with Gasteiger partial charge in [0.1, 0.15) is 6.04 Å². The number of nitrogens with zero attached hydrogens (tertiary/aromatic N) is 1. The third-order valence-corrected chi connectivity index (χ3v) is 1.37. The molecule has 0 aliphatic rings. The second-order valence-corrected chi connectivity index (χ2v) is 2.35. The highest BCUT2D eigenvalue weighted by Crippen LogP contribution is 1.94. The first kappa shape index (κ1) is 10.9. The average Bonchev–Trinajstić information content (AvgIpc) is 1.85. The van der Waals surface area contributed by atoms with Crippen LogP contribution in [0.15, 0.2) is 0 Å². The summed E-state index contributed by atoms with van der Waals surface area (Å²) in [5, 5.41) is 25.3. The molecule has 0 aromatic heterocycles. The van der Waals surface area contributed by atoms with Gasteiger partial charge in [-0.1, -0.05) is 0 Å². The van der Waals surface area contributed by atoms with Crippen molar-refractivity contribution in [2.45, 2.75) is 6.04 Å². The number of hydrogen-bond acceptors (Lipinski definition) is 4. The number of aliphatic hydroxyl groups is 1. The summed E-state index contributed by atoms with van der Waals surface area (Å²) in [6.07, 6.45) is 0. The van der Waals surface area contributed by atoms with Crippen molar-refractivity contribution in [3.8, 4) is 0 Å². The fraction of sp³-hybridized carbons (Fsp3) is 0.667. The number of aliphatic carboxylic acids is 2. The van der Waals surface area contributed by atoms with E-state index in [1.165, 1.54) is 7.05 Å². The van der Waals surface area contributed by atoms with Crippen molar-refractivity contribution >= 4 is 11.9 Å². The number of rotatable bonds is 5. The van der Waals surface area contributed by atoms with Crippen LogP contribution in [0.4, 0.5) is 0 Å². The van der Waals surface area contributed by atoms with Crippen LogP contribution in [0.2, 0.25) is 0 Å². The maximum absolute atomic E-state index is 10.4. The van der Waals surface area contributed by atoms with Crippen molar-refractivity contribution in [1.82, 2.24) is 4.90 Å². The van der Waals surface area contributed by atoms with Crippen molar-refractivity contribution < 1.29 is 24.9 Å². The van der Waals surface area contributed by atoms with E-state index in [0.29, 0.717) is 0 Å². The van der Waals surface area contributed by atoms with E-state index in [-0.39, 0.29) is 0 Å². The second kappa shape index (κ2) is 4.68. The lowest BCUT2D eigenvalue weighted by atomic mass is 10.3. The first-order chi connectivity index (χ1) is 5.49. The fourth-order valence-corrected chi connectivity index (χ4v) is 0.730. The van der Waals surface area contributed by atoms with Crippen LogP contribution in [0, 0.1) is 0 Å². The van der Waals surface area contributed by atoms with E-state index in [0.717, 1.165) is 4.90 Å². The Balaban J connectivity index is 4.11. The van der Waals surface area contributed by atoms with Gasteiger partial charge < -0.3 is 15.3 Å². The van der Waals surface area contributed by atoms with Crippen molar-refractivity contribution in [2.24, 2.45) is 0 Å². The molecule has 0 spiro atoms. The van der Waals surface area contributed by atoms with Crippen LogP contribution < -0.4 is 0 Å². The van der Waals surface area contributed by atoms with E-state index in [4.69, 9.17) is 15.3 Å². The molecule has 0 aliphatic carbocycles. The Morgan fingerprint density at radius 3 is 2.17 bits per heavy atom. The molecule has 6 nitrogen and oxygen atoms in total. The number of likely N-dealkylation sites (N-methyl/N-ethyl adjacent to an activating group) is 1. The number of carbonyl (C=O) groups is 2. The van der Waals surface area contributed by atoms with E-state index >= 15 is 0 Å². The highest BCUT2D eigenvalue weighted by atomic mass is 16.4. The number of aliphatic hydroxyl groups excluding tert-OH is 1. The van der Waals surface area contributed by atoms with Gasteiger partial charge in [-0.15, -0.1) is 0 Å². The average molecular weight is 177 g/mol. The molecule has 0 aromatic rings. The maximum Gasteiger partial charge on any atom is 0.323 e. The molecule has 0 rings (SSSR count). The molecular formula is C6H11NO5. The van der Waals surface area contributed by atoms with Gasteiger partial charge in [-0.25, -0.2) is 0 Å². The van der Waals surface area contributed by atoms with Gasteiger partial charge in [0, 0.05) is 0 Å². The first-order valence-electron chi connectivity index (χ1n) is 3.24. The molecule has 0 heterocycles. The monoisotopic (exact) mass is 177 g/mol. The van der Waals surface area contributed by atoms with Crippen LogP contribution in [0.1, 0.15) is 0 Å². The van der Waals surface area contributed by atoms with Gasteiger partial charge in [0.15, 0.2) is 0 Å². The maximum atomic E-state index is 10.4. The Morgan fingerprint density at radius 2 is 1.92 bits per heavy atom. The van der Waals surface area contributed by atoms with Crippen molar-refractivity contribution in [3.63, 3.8) is 0 Å². The van der Waals surface area contributed by atoms with Gasteiger partial charge in [0.25, 0.3) is 0 Å². The third kappa shape index (κ3) is 3.31. The SMILES string of the molecule is CN(CC(=O)O)C(CO)C(=O)O. The van der Waals surface area contributed by atoms with Crippen molar-refractivity contribution in [3.05, 3.63) is 0 Å². The normalized spacial score (nSPS) is 12.9. The van der Waals surface area contributed by atoms with Crippen LogP contribution in [0.25, 0.3) is 0 Å². The van der Waals surface area contributed by atoms with Crippen molar-refractivity contribution in [1.29, 1.82) is 0 Å². The second-order valence-electron chi connectivity index (χ2n) is 2.35. The van der Waals surface area contributed by atoms with Crippen molar-refractivity contribution in [2.75, 3.05) is 20.2 Å². The molecule has 0 fully saturated rings. The summed E-state index contributed by atoms with van der Waals surface area (Å²) in [7, 11) is 1.32. The smallest absolute Gasteiger partial charge is 0.323 e. The van der Waals surface area contributed by atoms with Gasteiger partial charge in [-0.3, -0.25) is 14.5 Å². The Morgan fingerprint density at radius 1 is 1.42 bits per heavy atom. The summed E-state index contributed by atoms with van der Waals surface area (Å²) in [5.41, 5.74) is 0. The molecule has 0 bridgehead atoms. The minimum absolute atomic E-state index is 0.405. The Hall–Kier alpha value is -1.14. The summed E-state index contributed by atoms with van der Waals surface area (Å²) in [6.45, 7) is -1.00. The molecule has 0 aliphatic heterocycles. The van der Waals surface area contributed by atoms with Crippen LogP contribution in [-0.2, 0) is 9.59 Å². The molecule has 1 atom stereocenters. The quantitative estimate of drug-likeness (QED) is 0.470. The van der Waals surface area contributed by atoms with Gasteiger partial charge >= 0.3 is 11.9 Å². The number of carboxylic acid groups (broad SMARTS) is 2. The van der Waals surface area contributed by atoms with E-state index in [2.05, 4.69) is 0 Å². The van der Waals surface area contributed by atoms with E-state index < -0.39 is 31.1 Å². The predicted octanol–water partition coefficient (Wildman–Crippen LogP) is -1.55. The highest BCUT2D eigenvalue weighted by molar-refractivity contribution is 5.75. The lowest BCUT2D eigenvalue weighted by Crippen LogP contribution is -2.43. The van der Waals surface area contributed by atoms with Gasteiger partial charge in [0.05, 0.1) is 13.2 Å². The standard InChI is InChI=1S/C6H11NO5/c1-7(2-5(9)10)4(3-8)6(11)12/h4,8H,2-3H2,1H3,(H,9,10)(H,11,12). The molecule has 0 saturated heterocycles. The molecule has 0 aromatic carbocycles. The largest absolute Gasteiger partial charge is 0.480 e. The zero-order valence-electron chi connectivity index (χ0n) is 6.60. The summed E-state index contributed by atoms with van der Waals surface area (Å²) in [5.74, 6) is -2.36. The minimum Gasteiger partial charge on any atom is -0.480 e. The van der Waals surface area contributed by atoms with Crippen LogP contribution in [-0.4, -0.2) is 58.4 Å². The van der Waals surface area contributed by atoms with E-state index in [1.807, 2.05) is 0 Å². The van der Waals surface area contributed by atoms with Gasteiger partial charge in [-0.05, 0) is 7.05 Å². The minimum atomic E-state index is -1.23. The zero-order valence-corrected chi connectivity index (χ0v) is 6.60. The Bertz CT molecular complexity index is 181. The summed E-state index contributed by atoms with van der Waals surface area (Å²) in [6, 6.07) is -1.15. The van der Waals surface area contributed by atoms with E-state index in [1.54, 1.807) is 0 Å². The molecule has 6 heteroatoms. The lowest BCUT2D eigenvalue weighted by Gasteiger charge is -2.20. The lowest BCUT2D eigenvalue weighted by molar-refractivity contribution is -0.146. The molecule has 3 N–H and O–H groups in total. The van der Waals surface area contributed by atoms with Gasteiger partial charge in [-0.2, -0.15) is 0 Å². The molecule has 70 valence electrons. The Kier molecular flexibility index (Phi) is 4.24. The number of hydrogen-bond donors (Lipinski definition) is 3. The molecule has 1 unspecified atom stereocenters. The van der Waals surface area contributed by atoms with E-state index in [9.17, 15) is 9.59 Å². The highest BCUT2D eigenvalue weighted by Gasteiger charge is 2.22. The summed E-state index contributed by atoms with van der Waals surface area (Å²) >= 11 is 0. The van der Waals surface area contributed by atoms with Crippen LogP contribution in [0.3, 0.4) is 0 Å². The molecule has 0 amide bonds. The molecule has 12 heavy (non-hydrogen) atoms. The Labute approximate surface area is 69.0 Å².